The number of carbonyl (C=O) groups excluding carboxylic acids is 2. The van der Waals surface area contributed by atoms with Gasteiger partial charge in [-0.3, -0.25) is 19.4 Å². The SMILES string of the molecule is CC1=C(C(=O)O)C(c2ccc(F)c(F)c2)CC(=O)N1C(CC(N)=O)N1CCC(C#N)(c2ccc(F)cc2F)CC1. The quantitative estimate of drug-likeness (QED) is 0.499. The molecular weight excluding hydrogens is 532 g/mol. The summed E-state index contributed by atoms with van der Waals surface area (Å²) in [4.78, 5) is 40.7. The zero-order valence-corrected chi connectivity index (χ0v) is 21.5. The van der Waals surface area contributed by atoms with Crippen LogP contribution >= 0.6 is 0 Å². The van der Waals surface area contributed by atoms with Crippen molar-refractivity contribution in [3.8, 4) is 6.07 Å². The zero-order valence-electron chi connectivity index (χ0n) is 21.5. The molecule has 2 amide bonds. The average Bonchev–Trinajstić information content (AvgIpc) is 2.89. The molecule has 0 saturated carbocycles. The van der Waals surface area contributed by atoms with Crippen LogP contribution < -0.4 is 5.73 Å². The largest absolute Gasteiger partial charge is 0.478 e. The number of nitriles is 1. The maximum Gasteiger partial charge on any atom is 0.333 e. The molecule has 2 heterocycles. The first-order chi connectivity index (χ1) is 18.9. The minimum atomic E-state index is -1.38. The minimum absolute atomic E-state index is 0.00596. The number of nitrogens with zero attached hydrogens (tertiary/aromatic N) is 3. The van der Waals surface area contributed by atoms with Crippen molar-refractivity contribution < 1.29 is 37.1 Å². The molecule has 0 aliphatic carbocycles. The number of amides is 2. The van der Waals surface area contributed by atoms with E-state index in [1.54, 1.807) is 4.90 Å². The summed E-state index contributed by atoms with van der Waals surface area (Å²) in [5.41, 5.74) is 4.13. The second-order valence-electron chi connectivity index (χ2n) is 10.0. The van der Waals surface area contributed by atoms with E-state index in [2.05, 4.69) is 6.07 Å². The molecule has 210 valence electrons. The highest BCUT2D eigenvalue weighted by Gasteiger charge is 2.45. The Kier molecular flexibility index (Phi) is 7.98. The van der Waals surface area contributed by atoms with E-state index in [-0.39, 0.29) is 54.7 Å². The first-order valence-electron chi connectivity index (χ1n) is 12.5. The van der Waals surface area contributed by atoms with Crippen molar-refractivity contribution in [2.75, 3.05) is 13.1 Å². The topological polar surface area (TPSA) is 128 Å². The van der Waals surface area contributed by atoms with E-state index in [4.69, 9.17) is 5.73 Å². The number of primary amides is 1. The van der Waals surface area contributed by atoms with Gasteiger partial charge in [0, 0.05) is 42.8 Å². The second-order valence-corrected chi connectivity index (χ2v) is 10.0. The summed E-state index contributed by atoms with van der Waals surface area (Å²) in [7, 11) is 0. The van der Waals surface area contributed by atoms with Gasteiger partial charge in [-0.25, -0.2) is 22.4 Å². The molecule has 2 aliphatic rings. The third-order valence-corrected chi connectivity index (χ3v) is 7.74. The van der Waals surface area contributed by atoms with Gasteiger partial charge < -0.3 is 10.8 Å². The van der Waals surface area contributed by atoms with Gasteiger partial charge in [0.05, 0.1) is 29.6 Å². The smallest absolute Gasteiger partial charge is 0.333 e. The number of hydrogen-bond donors (Lipinski definition) is 2. The van der Waals surface area contributed by atoms with Crippen LogP contribution in [0.25, 0.3) is 0 Å². The monoisotopic (exact) mass is 558 g/mol. The Hall–Kier alpha value is -4.24. The van der Waals surface area contributed by atoms with Gasteiger partial charge in [0.25, 0.3) is 0 Å². The fourth-order valence-electron chi connectivity index (χ4n) is 5.74. The van der Waals surface area contributed by atoms with E-state index in [1.807, 2.05) is 0 Å². The molecule has 2 atom stereocenters. The van der Waals surface area contributed by atoms with E-state index in [9.17, 15) is 42.3 Å². The van der Waals surface area contributed by atoms with Gasteiger partial charge in [0.1, 0.15) is 11.6 Å². The molecule has 40 heavy (non-hydrogen) atoms. The average molecular weight is 559 g/mol. The predicted molar refractivity (Wildman–Crippen MR) is 133 cm³/mol. The lowest BCUT2D eigenvalue weighted by Gasteiger charge is -2.47. The summed E-state index contributed by atoms with van der Waals surface area (Å²) in [5.74, 6) is -7.73. The number of hydrogen-bond acceptors (Lipinski definition) is 5. The second kappa shape index (κ2) is 11.1. The summed E-state index contributed by atoms with van der Waals surface area (Å²) in [6.07, 6.45) is -1.61. The summed E-state index contributed by atoms with van der Waals surface area (Å²) in [6, 6.07) is 8.05. The van der Waals surface area contributed by atoms with Gasteiger partial charge >= 0.3 is 5.97 Å². The Labute approximate surface area is 227 Å². The fraction of sp³-hybridized carbons (Fsp3) is 0.357. The lowest BCUT2D eigenvalue weighted by molar-refractivity contribution is -0.140. The van der Waals surface area contributed by atoms with Crippen LogP contribution in [0, 0.1) is 34.6 Å². The van der Waals surface area contributed by atoms with Crippen LogP contribution in [0.15, 0.2) is 47.7 Å². The Bertz CT molecular complexity index is 1450. The summed E-state index contributed by atoms with van der Waals surface area (Å²) < 4.78 is 55.5. The molecule has 4 rings (SSSR count). The van der Waals surface area contributed by atoms with E-state index in [0.29, 0.717) is 6.07 Å². The van der Waals surface area contributed by atoms with Crippen LogP contribution in [0.2, 0.25) is 0 Å². The lowest BCUT2D eigenvalue weighted by atomic mass is 9.73. The molecule has 2 unspecified atom stereocenters. The fourth-order valence-corrected chi connectivity index (χ4v) is 5.74. The molecular formula is C28H26F4N4O4. The Morgan fingerprint density at radius 3 is 2.33 bits per heavy atom. The summed E-state index contributed by atoms with van der Waals surface area (Å²) in [5, 5.41) is 20.0. The van der Waals surface area contributed by atoms with Gasteiger partial charge in [0.2, 0.25) is 11.8 Å². The molecule has 2 aromatic carbocycles. The van der Waals surface area contributed by atoms with Crippen molar-refractivity contribution in [3.63, 3.8) is 0 Å². The summed E-state index contributed by atoms with van der Waals surface area (Å²) in [6.45, 7) is 1.60. The van der Waals surface area contributed by atoms with Gasteiger partial charge in [-0.05, 0) is 43.5 Å². The Balaban J connectivity index is 1.69. The number of carboxylic acids is 1. The highest BCUT2D eigenvalue weighted by Crippen LogP contribution is 2.41. The number of aliphatic carboxylic acids is 1. The zero-order chi connectivity index (χ0) is 29.4. The summed E-state index contributed by atoms with van der Waals surface area (Å²) >= 11 is 0. The number of nitrogens with two attached hydrogens (primary N) is 1. The molecule has 0 bridgehead atoms. The van der Waals surface area contributed by atoms with Crippen molar-refractivity contribution >= 4 is 17.8 Å². The van der Waals surface area contributed by atoms with Gasteiger partial charge in [0.15, 0.2) is 11.6 Å². The maximum absolute atomic E-state index is 14.6. The molecule has 2 aliphatic heterocycles. The number of piperidine rings is 1. The highest BCUT2D eigenvalue weighted by molar-refractivity contribution is 5.95. The normalized spacial score (nSPS) is 20.2. The van der Waals surface area contributed by atoms with E-state index < -0.39 is 65.0 Å². The standard InChI is InChI=1S/C28H26F4N4O4/c1-15-26(27(39)40)18(16-2-5-20(30)22(32)10-16)12-25(38)36(15)24(13-23(34)37)35-8-6-28(14-33,7-9-35)19-4-3-17(29)11-21(19)31/h2-5,10-11,18,24H,6-9,12-13H2,1H3,(H2,34,37)(H,39,40). The maximum atomic E-state index is 14.6. The number of likely N-dealkylation sites (tertiary alicyclic amines) is 1. The number of rotatable bonds is 7. The van der Waals surface area contributed by atoms with Crippen molar-refractivity contribution in [1.82, 2.24) is 9.80 Å². The van der Waals surface area contributed by atoms with Crippen molar-refractivity contribution in [2.45, 2.75) is 50.1 Å². The van der Waals surface area contributed by atoms with Gasteiger partial charge in [-0.1, -0.05) is 12.1 Å². The number of carboxylic acid groups (broad SMARTS) is 1. The molecule has 0 spiro atoms. The van der Waals surface area contributed by atoms with Crippen LogP contribution in [-0.2, 0) is 19.8 Å². The molecule has 8 nitrogen and oxygen atoms in total. The molecule has 0 aromatic heterocycles. The third-order valence-electron chi connectivity index (χ3n) is 7.74. The van der Waals surface area contributed by atoms with Crippen LogP contribution in [0.5, 0.6) is 0 Å². The van der Waals surface area contributed by atoms with E-state index in [0.717, 1.165) is 18.2 Å². The molecule has 0 radical (unpaired) electrons. The van der Waals surface area contributed by atoms with E-state index in [1.165, 1.54) is 24.0 Å². The Morgan fingerprint density at radius 1 is 1.10 bits per heavy atom. The van der Waals surface area contributed by atoms with Crippen LogP contribution in [-0.4, -0.2) is 51.9 Å². The first kappa shape index (κ1) is 28.8. The predicted octanol–water partition coefficient (Wildman–Crippen LogP) is 3.68. The third kappa shape index (κ3) is 5.29. The first-order valence-corrected chi connectivity index (χ1v) is 12.5. The lowest BCUT2D eigenvalue weighted by Crippen LogP contribution is -2.57. The molecule has 1 fully saturated rings. The van der Waals surface area contributed by atoms with Gasteiger partial charge in [-0.15, -0.1) is 0 Å². The molecule has 12 heteroatoms. The minimum Gasteiger partial charge on any atom is -0.478 e. The van der Waals surface area contributed by atoms with Crippen LogP contribution in [0.3, 0.4) is 0 Å². The molecule has 3 N–H and O–H groups in total. The van der Waals surface area contributed by atoms with Crippen LogP contribution in [0.1, 0.15) is 49.7 Å². The highest BCUT2D eigenvalue weighted by atomic mass is 19.2. The molecule has 2 aromatic rings. The number of benzene rings is 2. The van der Waals surface area contributed by atoms with Gasteiger partial charge in [-0.2, -0.15) is 5.26 Å². The number of carbonyl (C=O) groups is 3. The van der Waals surface area contributed by atoms with Crippen molar-refractivity contribution in [2.24, 2.45) is 5.73 Å². The van der Waals surface area contributed by atoms with Crippen molar-refractivity contribution in [3.05, 3.63) is 82.1 Å². The van der Waals surface area contributed by atoms with Crippen LogP contribution in [0.4, 0.5) is 17.6 Å². The Morgan fingerprint density at radius 2 is 1.77 bits per heavy atom. The van der Waals surface area contributed by atoms with E-state index >= 15 is 0 Å². The number of allylic oxidation sites excluding steroid dienone is 1. The number of halogens is 4. The molecule has 1 saturated heterocycles. The van der Waals surface area contributed by atoms with Crippen molar-refractivity contribution in [1.29, 1.82) is 5.26 Å².